The zero-order valence-corrected chi connectivity index (χ0v) is 21.4. The van der Waals surface area contributed by atoms with Crippen LogP contribution in [0.4, 0.5) is 0 Å². The van der Waals surface area contributed by atoms with Gasteiger partial charge >= 0.3 is 0 Å². The third-order valence-corrected chi connectivity index (χ3v) is 4.96. The number of hydrogen-bond acceptors (Lipinski definition) is 4. The van der Waals surface area contributed by atoms with Gasteiger partial charge in [-0.25, -0.2) is 4.98 Å². The molecule has 1 aromatic heterocycles. The molecule has 174 valence electrons. The van der Waals surface area contributed by atoms with E-state index in [1.54, 1.807) is 14.2 Å². The minimum Gasteiger partial charge on any atom is -0.493 e. The van der Waals surface area contributed by atoms with E-state index in [1.807, 2.05) is 18.2 Å². The summed E-state index contributed by atoms with van der Waals surface area (Å²) < 4.78 is 11.1. The first-order chi connectivity index (χ1) is 15.2. The Bertz CT molecular complexity index is 956. The monoisotopic (exact) mass is 551 g/mol. The molecule has 0 atom stereocenters. The van der Waals surface area contributed by atoms with Crippen LogP contribution in [0.15, 0.2) is 47.5 Å². The van der Waals surface area contributed by atoms with Crippen molar-refractivity contribution < 1.29 is 9.47 Å². The average molecular weight is 551 g/mol. The topological polar surface area (TPSA) is 83.6 Å². The molecule has 3 aromatic rings. The van der Waals surface area contributed by atoms with Gasteiger partial charge in [-0.15, -0.1) is 24.0 Å². The van der Waals surface area contributed by atoms with E-state index < -0.39 is 0 Å². The number of rotatable bonds is 11. The molecule has 2 aromatic carbocycles. The Labute approximate surface area is 207 Å². The number of imidazole rings is 1. The molecular formula is C24H34IN5O2. The molecule has 0 amide bonds. The Hall–Kier alpha value is -2.33. The summed E-state index contributed by atoms with van der Waals surface area (Å²) in [6, 6.07) is 14.4. The van der Waals surface area contributed by atoms with Crippen molar-refractivity contribution in [2.45, 2.75) is 32.7 Å². The van der Waals surface area contributed by atoms with Crippen molar-refractivity contribution in [3.63, 3.8) is 0 Å². The van der Waals surface area contributed by atoms with Gasteiger partial charge in [-0.2, -0.15) is 0 Å². The maximum atomic E-state index is 5.97. The highest BCUT2D eigenvalue weighted by Crippen LogP contribution is 2.20. The Morgan fingerprint density at radius 1 is 1.09 bits per heavy atom. The Morgan fingerprint density at radius 3 is 2.72 bits per heavy atom. The van der Waals surface area contributed by atoms with Crippen LogP contribution in [-0.4, -0.2) is 49.8 Å². The number of aromatic nitrogens is 2. The first kappa shape index (κ1) is 25.9. The SMILES string of the molecule is CN=C(NCCCc1nc2ccccc2[nH]1)NCc1ccc(C)cc1OCCCOC.I. The largest absolute Gasteiger partial charge is 0.493 e. The maximum absolute atomic E-state index is 5.97. The quantitative estimate of drug-likeness (QED) is 0.144. The van der Waals surface area contributed by atoms with E-state index in [2.05, 4.69) is 56.8 Å². The molecule has 0 aliphatic rings. The number of hydrogen-bond donors (Lipinski definition) is 3. The molecule has 0 aliphatic heterocycles. The first-order valence-electron chi connectivity index (χ1n) is 10.8. The number of halogens is 1. The predicted molar refractivity (Wildman–Crippen MR) is 141 cm³/mol. The number of aliphatic imine (C=N–C) groups is 1. The molecule has 8 heteroatoms. The van der Waals surface area contributed by atoms with Crippen molar-refractivity contribution in [2.75, 3.05) is 33.9 Å². The molecule has 0 aliphatic carbocycles. The van der Waals surface area contributed by atoms with Crippen LogP contribution in [0.25, 0.3) is 11.0 Å². The number of methoxy groups -OCH3 is 1. The highest BCUT2D eigenvalue weighted by Gasteiger charge is 2.07. The summed E-state index contributed by atoms with van der Waals surface area (Å²) in [7, 11) is 3.49. The molecular weight excluding hydrogens is 517 g/mol. The predicted octanol–water partition coefficient (Wildman–Crippen LogP) is 4.20. The van der Waals surface area contributed by atoms with Crippen molar-refractivity contribution in [1.82, 2.24) is 20.6 Å². The molecule has 3 rings (SSSR count). The Kier molecular flexibility index (Phi) is 11.3. The molecule has 0 saturated carbocycles. The summed E-state index contributed by atoms with van der Waals surface area (Å²) in [6.45, 7) is 4.86. The number of ether oxygens (including phenoxy) is 2. The van der Waals surface area contributed by atoms with Gasteiger partial charge in [0, 0.05) is 52.3 Å². The second-order valence-electron chi connectivity index (χ2n) is 7.46. The van der Waals surface area contributed by atoms with Gasteiger partial charge in [0.05, 0.1) is 17.6 Å². The van der Waals surface area contributed by atoms with Crippen molar-refractivity contribution in [3.05, 3.63) is 59.4 Å². The van der Waals surface area contributed by atoms with Crippen LogP contribution in [0, 0.1) is 6.92 Å². The maximum Gasteiger partial charge on any atom is 0.191 e. The number of benzene rings is 2. The second-order valence-corrected chi connectivity index (χ2v) is 7.46. The van der Waals surface area contributed by atoms with Gasteiger partial charge in [-0.05, 0) is 37.1 Å². The molecule has 0 fully saturated rings. The summed E-state index contributed by atoms with van der Waals surface area (Å²) in [6.07, 6.45) is 2.71. The van der Waals surface area contributed by atoms with Crippen LogP contribution in [0.1, 0.15) is 29.8 Å². The lowest BCUT2D eigenvalue weighted by atomic mass is 10.1. The van der Waals surface area contributed by atoms with Crippen LogP contribution in [0.2, 0.25) is 0 Å². The van der Waals surface area contributed by atoms with E-state index in [0.29, 0.717) is 19.8 Å². The van der Waals surface area contributed by atoms with Gasteiger partial charge in [0.1, 0.15) is 11.6 Å². The number of nitrogens with one attached hydrogen (secondary N) is 3. The van der Waals surface area contributed by atoms with Crippen LogP contribution >= 0.6 is 24.0 Å². The van der Waals surface area contributed by atoms with Crippen molar-refractivity contribution in [1.29, 1.82) is 0 Å². The summed E-state index contributed by atoms with van der Waals surface area (Å²) in [5, 5.41) is 6.75. The number of aromatic amines is 1. The van der Waals surface area contributed by atoms with Gasteiger partial charge < -0.3 is 25.1 Å². The zero-order valence-electron chi connectivity index (χ0n) is 19.1. The standard InChI is InChI=1S/C24H33N5O2.HI/c1-18-11-12-19(22(16-18)31-15-7-14-30-3)17-27-24(25-2)26-13-6-10-23-28-20-8-4-5-9-21(20)29-23;/h4-5,8-9,11-12,16H,6-7,10,13-15,17H2,1-3H3,(H,28,29)(H2,25,26,27);1H. The van der Waals surface area contributed by atoms with E-state index in [-0.39, 0.29) is 24.0 Å². The molecule has 0 bridgehead atoms. The van der Waals surface area contributed by atoms with Gasteiger partial charge in [0.2, 0.25) is 0 Å². The third kappa shape index (κ3) is 7.98. The van der Waals surface area contributed by atoms with Gasteiger partial charge in [-0.1, -0.05) is 24.3 Å². The normalized spacial score (nSPS) is 11.3. The van der Waals surface area contributed by atoms with E-state index in [9.17, 15) is 0 Å². The number of H-pyrrole nitrogens is 1. The van der Waals surface area contributed by atoms with Crippen LogP contribution < -0.4 is 15.4 Å². The Morgan fingerprint density at radius 2 is 1.94 bits per heavy atom. The summed E-state index contributed by atoms with van der Waals surface area (Å²) in [5.74, 6) is 2.69. The molecule has 0 spiro atoms. The minimum absolute atomic E-state index is 0. The summed E-state index contributed by atoms with van der Waals surface area (Å²) in [4.78, 5) is 12.3. The highest BCUT2D eigenvalue weighted by atomic mass is 127. The fourth-order valence-corrected chi connectivity index (χ4v) is 3.31. The smallest absolute Gasteiger partial charge is 0.191 e. The van der Waals surface area contributed by atoms with E-state index in [4.69, 9.17) is 9.47 Å². The van der Waals surface area contributed by atoms with Gasteiger partial charge in [0.15, 0.2) is 5.96 Å². The summed E-state index contributed by atoms with van der Waals surface area (Å²) >= 11 is 0. The van der Waals surface area contributed by atoms with E-state index in [0.717, 1.165) is 59.9 Å². The Balaban J connectivity index is 0.00000363. The molecule has 0 unspecified atom stereocenters. The minimum atomic E-state index is 0. The third-order valence-electron chi connectivity index (χ3n) is 4.96. The van der Waals surface area contributed by atoms with Crippen LogP contribution in [0.3, 0.4) is 0 Å². The second kappa shape index (κ2) is 13.9. The zero-order chi connectivity index (χ0) is 21.9. The lowest BCUT2D eigenvalue weighted by molar-refractivity contribution is 0.171. The number of para-hydroxylation sites is 2. The fourth-order valence-electron chi connectivity index (χ4n) is 3.31. The fraction of sp³-hybridized carbons (Fsp3) is 0.417. The summed E-state index contributed by atoms with van der Waals surface area (Å²) in [5.41, 5.74) is 4.38. The van der Waals surface area contributed by atoms with Crippen LogP contribution in [-0.2, 0) is 17.7 Å². The molecule has 3 N–H and O–H groups in total. The number of nitrogens with zero attached hydrogens (tertiary/aromatic N) is 2. The van der Waals surface area contributed by atoms with Crippen molar-refractivity contribution in [2.24, 2.45) is 4.99 Å². The van der Waals surface area contributed by atoms with E-state index in [1.165, 1.54) is 5.56 Å². The van der Waals surface area contributed by atoms with Crippen molar-refractivity contribution >= 4 is 41.0 Å². The van der Waals surface area contributed by atoms with Crippen LogP contribution in [0.5, 0.6) is 5.75 Å². The molecule has 0 saturated heterocycles. The molecule has 32 heavy (non-hydrogen) atoms. The number of fused-ring (bicyclic) bond motifs is 1. The molecule has 7 nitrogen and oxygen atoms in total. The number of aryl methyl sites for hydroxylation is 2. The first-order valence-corrected chi connectivity index (χ1v) is 10.8. The van der Waals surface area contributed by atoms with Crippen molar-refractivity contribution in [3.8, 4) is 5.75 Å². The lowest BCUT2D eigenvalue weighted by Gasteiger charge is -2.15. The molecule has 0 radical (unpaired) electrons. The van der Waals surface area contributed by atoms with E-state index >= 15 is 0 Å². The highest BCUT2D eigenvalue weighted by molar-refractivity contribution is 14.0. The average Bonchev–Trinajstić information content (AvgIpc) is 3.20. The van der Waals surface area contributed by atoms with Gasteiger partial charge in [0.25, 0.3) is 0 Å². The number of guanidine groups is 1. The van der Waals surface area contributed by atoms with Gasteiger partial charge in [-0.3, -0.25) is 4.99 Å². The molecule has 1 heterocycles. The lowest BCUT2D eigenvalue weighted by Crippen LogP contribution is -2.37.